The van der Waals surface area contributed by atoms with E-state index in [1.54, 1.807) is 74.5 Å². The predicted molar refractivity (Wildman–Crippen MR) is 142 cm³/mol. The number of amides is 1. The zero-order valence-corrected chi connectivity index (χ0v) is 22.0. The molecule has 0 aliphatic carbocycles. The Morgan fingerprint density at radius 2 is 1.81 bits per heavy atom. The maximum absolute atomic E-state index is 13.3. The van der Waals surface area contributed by atoms with Crippen molar-refractivity contribution in [1.82, 2.24) is 0 Å². The fourth-order valence-corrected chi connectivity index (χ4v) is 4.48. The van der Waals surface area contributed by atoms with Crippen LogP contribution in [0.1, 0.15) is 42.1 Å². The van der Waals surface area contributed by atoms with Crippen molar-refractivity contribution in [2.24, 2.45) is 0 Å². The smallest absolute Gasteiger partial charge is 0.313 e. The molecular formula is C28H27Cl2NO6. The Bertz CT molecular complexity index is 1260. The lowest BCUT2D eigenvalue weighted by Gasteiger charge is -2.28. The number of anilines is 1. The highest BCUT2D eigenvalue weighted by molar-refractivity contribution is 6.32. The van der Waals surface area contributed by atoms with Crippen LogP contribution < -0.4 is 14.4 Å². The van der Waals surface area contributed by atoms with Gasteiger partial charge in [-0.25, -0.2) is 0 Å². The number of nitrogens with zero attached hydrogens (tertiary/aromatic N) is 1. The summed E-state index contributed by atoms with van der Waals surface area (Å²) in [6.07, 6.45) is 0.514. The van der Waals surface area contributed by atoms with Crippen molar-refractivity contribution < 1.29 is 28.9 Å². The molecule has 1 aliphatic rings. The number of ether oxygens (including phenoxy) is 3. The van der Waals surface area contributed by atoms with Crippen LogP contribution in [0.25, 0.3) is 0 Å². The molecule has 4 rings (SSSR count). The van der Waals surface area contributed by atoms with Crippen molar-refractivity contribution in [3.63, 3.8) is 0 Å². The number of fused-ring (bicyclic) bond motifs is 1. The number of rotatable bonds is 8. The number of hydrogen-bond donors (Lipinski definition) is 1. The number of carbonyl (C=O) groups excluding carboxylic acids is 2. The summed E-state index contributed by atoms with van der Waals surface area (Å²) in [7, 11) is 0. The summed E-state index contributed by atoms with van der Waals surface area (Å²) in [6, 6.07) is 16.3. The van der Waals surface area contributed by atoms with E-state index in [1.165, 1.54) is 4.90 Å². The third-order valence-electron chi connectivity index (χ3n) is 6.03. The molecule has 0 fully saturated rings. The van der Waals surface area contributed by atoms with Crippen LogP contribution in [-0.4, -0.2) is 42.8 Å². The van der Waals surface area contributed by atoms with Gasteiger partial charge in [0, 0.05) is 27.9 Å². The average Bonchev–Trinajstić information content (AvgIpc) is 2.90. The SMILES string of the molecule is CCOC(=O)C1CCOc2cc(Oc3ccc(C(=O)N(c4ccc(Cl)cc4)C(C)CO)cc3)c(Cl)cc21. The molecule has 9 heteroatoms. The van der Waals surface area contributed by atoms with Crippen molar-refractivity contribution in [2.75, 3.05) is 24.7 Å². The number of halogens is 2. The molecule has 194 valence electrons. The van der Waals surface area contributed by atoms with Gasteiger partial charge in [0.25, 0.3) is 5.91 Å². The monoisotopic (exact) mass is 543 g/mol. The third-order valence-corrected chi connectivity index (χ3v) is 6.58. The van der Waals surface area contributed by atoms with Crippen molar-refractivity contribution in [1.29, 1.82) is 0 Å². The summed E-state index contributed by atoms with van der Waals surface area (Å²) in [6.45, 7) is 4.01. The van der Waals surface area contributed by atoms with E-state index in [2.05, 4.69) is 0 Å². The average molecular weight is 544 g/mol. The molecule has 2 atom stereocenters. The number of aliphatic hydroxyl groups excluding tert-OH is 1. The Morgan fingerprint density at radius 1 is 1.11 bits per heavy atom. The Morgan fingerprint density at radius 3 is 2.46 bits per heavy atom. The minimum atomic E-state index is -0.447. The molecule has 0 aromatic heterocycles. The van der Waals surface area contributed by atoms with Crippen molar-refractivity contribution >= 4 is 40.8 Å². The van der Waals surface area contributed by atoms with Crippen LogP contribution in [0, 0.1) is 0 Å². The first-order valence-corrected chi connectivity index (χ1v) is 12.7. The summed E-state index contributed by atoms with van der Waals surface area (Å²) in [5.41, 5.74) is 1.71. The van der Waals surface area contributed by atoms with Crippen LogP contribution in [0.3, 0.4) is 0 Å². The van der Waals surface area contributed by atoms with Gasteiger partial charge in [-0.3, -0.25) is 9.59 Å². The zero-order valence-electron chi connectivity index (χ0n) is 20.4. The lowest BCUT2D eigenvalue weighted by atomic mass is 9.93. The van der Waals surface area contributed by atoms with Gasteiger partial charge in [-0.05, 0) is 74.9 Å². The molecule has 7 nitrogen and oxygen atoms in total. The van der Waals surface area contributed by atoms with Crippen LogP contribution in [-0.2, 0) is 9.53 Å². The molecule has 0 bridgehead atoms. The van der Waals surface area contributed by atoms with Gasteiger partial charge >= 0.3 is 5.97 Å². The molecule has 0 spiro atoms. The van der Waals surface area contributed by atoms with Crippen LogP contribution in [0.15, 0.2) is 60.7 Å². The van der Waals surface area contributed by atoms with Gasteiger partial charge in [-0.2, -0.15) is 0 Å². The van der Waals surface area contributed by atoms with E-state index in [0.717, 1.165) is 0 Å². The van der Waals surface area contributed by atoms with Crippen molar-refractivity contribution in [3.8, 4) is 17.2 Å². The highest BCUT2D eigenvalue weighted by atomic mass is 35.5. The Hall–Kier alpha value is -3.26. The van der Waals surface area contributed by atoms with Crippen LogP contribution in [0.5, 0.6) is 17.2 Å². The van der Waals surface area contributed by atoms with E-state index in [4.69, 9.17) is 37.4 Å². The molecule has 1 aliphatic heterocycles. The number of carbonyl (C=O) groups is 2. The Balaban J connectivity index is 1.54. The molecule has 1 heterocycles. The molecular weight excluding hydrogens is 517 g/mol. The fraction of sp³-hybridized carbons (Fsp3) is 0.286. The highest BCUT2D eigenvalue weighted by Gasteiger charge is 2.30. The molecule has 2 unspecified atom stereocenters. The lowest BCUT2D eigenvalue weighted by Crippen LogP contribution is -2.40. The minimum Gasteiger partial charge on any atom is -0.493 e. The van der Waals surface area contributed by atoms with Gasteiger partial charge in [0.15, 0.2) is 0 Å². The van der Waals surface area contributed by atoms with Crippen molar-refractivity contribution in [2.45, 2.75) is 32.2 Å². The molecule has 37 heavy (non-hydrogen) atoms. The first kappa shape index (κ1) is 26.8. The maximum Gasteiger partial charge on any atom is 0.313 e. The number of benzene rings is 3. The largest absolute Gasteiger partial charge is 0.493 e. The molecule has 1 N–H and O–H groups in total. The summed E-state index contributed by atoms with van der Waals surface area (Å²) >= 11 is 12.5. The van der Waals surface area contributed by atoms with E-state index in [9.17, 15) is 14.7 Å². The lowest BCUT2D eigenvalue weighted by molar-refractivity contribution is -0.145. The molecule has 0 radical (unpaired) electrons. The summed E-state index contributed by atoms with van der Waals surface area (Å²) < 4.78 is 16.9. The molecule has 0 saturated carbocycles. The normalized spacial score (nSPS) is 15.2. The summed E-state index contributed by atoms with van der Waals surface area (Å²) in [5, 5.41) is 10.6. The van der Waals surface area contributed by atoms with E-state index >= 15 is 0 Å². The fourth-order valence-electron chi connectivity index (χ4n) is 4.14. The van der Waals surface area contributed by atoms with Gasteiger partial charge in [0.05, 0.1) is 36.8 Å². The second kappa shape index (κ2) is 11.9. The summed E-state index contributed by atoms with van der Waals surface area (Å²) in [4.78, 5) is 27.2. The van der Waals surface area contributed by atoms with Gasteiger partial charge in [-0.1, -0.05) is 23.2 Å². The first-order valence-electron chi connectivity index (χ1n) is 11.9. The van der Waals surface area contributed by atoms with Crippen molar-refractivity contribution in [3.05, 3.63) is 81.8 Å². The molecule has 0 saturated heterocycles. The standard InChI is InChI=1S/C28H27Cl2NO6/c1-3-35-28(34)22-12-13-36-25-15-26(24(30)14-23(22)25)37-21-10-4-18(5-11-21)27(33)31(17(2)16-32)20-8-6-19(29)7-9-20/h4-11,14-15,17,22,32H,3,12-13,16H2,1-2H3. The minimum absolute atomic E-state index is 0.203. The van der Waals surface area contributed by atoms with Gasteiger partial charge in [0.2, 0.25) is 0 Å². The predicted octanol–water partition coefficient (Wildman–Crippen LogP) is 6.24. The van der Waals surface area contributed by atoms with Gasteiger partial charge in [-0.15, -0.1) is 0 Å². The third kappa shape index (κ3) is 6.01. The summed E-state index contributed by atoms with van der Waals surface area (Å²) in [5.74, 6) is 0.323. The van der Waals surface area contributed by atoms with Crippen LogP contribution in [0.4, 0.5) is 5.69 Å². The molecule has 3 aromatic carbocycles. The highest BCUT2D eigenvalue weighted by Crippen LogP contribution is 2.42. The Kier molecular flexibility index (Phi) is 8.59. The van der Waals surface area contributed by atoms with Gasteiger partial charge in [0.1, 0.15) is 17.2 Å². The number of esters is 1. The van der Waals surface area contributed by atoms with E-state index in [1.807, 2.05) is 0 Å². The second-order valence-electron chi connectivity index (χ2n) is 8.57. The topological polar surface area (TPSA) is 85.3 Å². The maximum atomic E-state index is 13.3. The zero-order chi connectivity index (χ0) is 26.5. The molecule has 1 amide bonds. The van der Waals surface area contributed by atoms with E-state index < -0.39 is 12.0 Å². The first-order chi connectivity index (χ1) is 17.8. The number of hydrogen-bond acceptors (Lipinski definition) is 6. The molecule has 3 aromatic rings. The quantitative estimate of drug-likeness (QED) is 0.338. The Labute approximate surface area is 225 Å². The van der Waals surface area contributed by atoms with Gasteiger partial charge < -0.3 is 24.2 Å². The van der Waals surface area contributed by atoms with Crippen LogP contribution in [0.2, 0.25) is 10.0 Å². The second-order valence-corrected chi connectivity index (χ2v) is 9.42. The van der Waals surface area contributed by atoms with E-state index in [-0.39, 0.29) is 18.5 Å². The number of aliphatic hydroxyl groups is 1. The van der Waals surface area contributed by atoms with Crippen LogP contribution >= 0.6 is 23.2 Å². The van der Waals surface area contributed by atoms with E-state index in [0.29, 0.717) is 63.7 Å².